The average Bonchev–Trinajstić information content (AvgIpc) is 3.35. The number of carbonyl (C=O) groups is 1. The fourth-order valence-corrected chi connectivity index (χ4v) is 7.52. The van der Waals surface area contributed by atoms with Gasteiger partial charge in [-0.05, 0) is 61.6 Å². The molecule has 0 saturated carbocycles. The second kappa shape index (κ2) is 11.1. The van der Waals surface area contributed by atoms with Crippen molar-refractivity contribution >= 4 is 42.6 Å². The second-order valence-corrected chi connectivity index (χ2v) is 13.1. The maximum Gasteiger partial charge on any atom is 0.251 e. The maximum atomic E-state index is 12.9. The van der Waals surface area contributed by atoms with Gasteiger partial charge in [-0.3, -0.25) is 9.69 Å². The molecule has 1 N–H and O–H groups in total. The summed E-state index contributed by atoms with van der Waals surface area (Å²) in [5, 5.41) is 4.06. The van der Waals surface area contributed by atoms with Gasteiger partial charge in [-0.2, -0.15) is 4.31 Å². The largest absolute Gasteiger partial charge is 0.351 e. The molecule has 0 aliphatic carbocycles. The number of piperidine rings is 1. The number of piperazine rings is 1. The summed E-state index contributed by atoms with van der Waals surface area (Å²) in [6.45, 7) is 10.4. The van der Waals surface area contributed by atoms with Crippen molar-refractivity contribution < 1.29 is 13.2 Å². The van der Waals surface area contributed by atoms with E-state index < -0.39 is 10.0 Å². The molecule has 2 saturated heterocycles. The van der Waals surface area contributed by atoms with E-state index in [2.05, 4.69) is 47.2 Å². The number of hydrogen-bond donors (Lipinski definition) is 1. The molecule has 0 atom stereocenters. The summed E-state index contributed by atoms with van der Waals surface area (Å²) in [4.78, 5) is 22.4. The van der Waals surface area contributed by atoms with Crippen LogP contribution in [0.4, 0.5) is 5.13 Å². The summed E-state index contributed by atoms with van der Waals surface area (Å²) in [6, 6.07) is 12.6. The van der Waals surface area contributed by atoms with Gasteiger partial charge < -0.3 is 10.2 Å². The van der Waals surface area contributed by atoms with Crippen molar-refractivity contribution in [3.05, 3.63) is 53.6 Å². The van der Waals surface area contributed by atoms with E-state index in [0.717, 1.165) is 56.2 Å². The van der Waals surface area contributed by atoms with Crippen LogP contribution >= 0.6 is 11.3 Å². The monoisotopic (exact) mass is 541 g/mol. The first kappa shape index (κ1) is 26.1. The Labute approximate surface area is 223 Å². The number of para-hydroxylation sites is 1. The van der Waals surface area contributed by atoms with E-state index in [1.165, 1.54) is 10.3 Å². The molecule has 1 aromatic heterocycles. The number of thiazole rings is 1. The van der Waals surface area contributed by atoms with Gasteiger partial charge in [0.1, 0.15) is 0 Å². The summed E-state index contributed by atoms with van der Waals surface area (Å²) >= 11 is 1.75. The Morgan fingerprint density at radius 3 is 2.41 bits per heavy atom. The number of sulfonamides is 1. The molecule has 1 amide bonds. The number of fused-ring (bicyclic) bond motifs is 1. The van der Waals surface area contributed by atoms with Crippen LogP contribution in [0.25, 0.3) is 10.2 Å². The number of rotatable bonds is 7. The van der Waals surface area contributed by atoms with Crippen molar-refractivity contribution in [3.8, 4) is 0 Å². The topological polar surface area (TPSA) is 85.8 Å². The van der Waals surface area contributed by atoms with Crippen LogP contribution < -0.4 is 10.2 Å². The predicted octanol–water partition coefficient (Wildman–Crippen LogP) is 3.58. The molecule has 5 rings (SSSR count). The van der Waals surface area contributed by atoms with Crippen LogP contribution in [0.2, 0.25) is 0 Å². The summed E-state index contributed by atoms with van der Waals surface area (Å²) in [5.74, 6) is 0.378. The van der Waals surface area contributed by atoms with Crippen molar-refractivity contribution in [1.29, 1.82) is 0 Å². The fourth-order valence-electron chi connectivity index (χ4n) is 4.95. The molecular formula is C27H35N5O3S2. The van der Waals surface area contributed by atoms with Gasteiger partial charge in [0.2, 0.25) is 10.0 Å². The number of nitrogens with zero attached hydrogens (tertiary/aromatic N) is 4. The number of hydrogen-bond acceptors (Lipinski definition) is 7. The highest BCUT2D eigenvalue weighted by atomic mass is 32.2. The molecule has 8 nitrogen and oxygen atoms in total. The quantitative estimate of drug-likeness (QED) is 0.492. The Morgan fingerprint density at radius 2 is 1.73 bits per heavy atom. The van der Waals surface area contributed by atoms with Crippen LogP contribution in [0.15, 0.2) is 47.4 Å². The molecule has 37 heavy (non-hydrogen) atoms. The van der Waals surface area contributed by atoms with Gasteiger partial charge in [0.15, 0.2) is 5.13 Å². The number of benzene rings is 2. The minimum atomic E-state index is -3.51. The van der Waals surface area contributed by atoms with Crippen molar-refractivity contribution in [1.82, 2.24) is 19.5 Å². The van der Waals surface area contributed by atoms with Gasteiger partial charge in [-0.1, -0.05) is 30.4 Å². The minimum Gasteiger partial charge on any atom is -0.351 e. The average molecular weight is 542 g/mol. The third-order valence-electron chi connectivity index (χ3n) is 7.46. The van der Waals surface area contributed by atoms with Crippen molar-refractivity contribution in [2.24, 2.45) is 5.92 Å². The van der Waals surface area contributed by atoms with Crippen molar-refractivity contribution in [2.75, 3.05) is 57.3 Å². The van der Waals surface area contributed by atoms with Crippen molar-refractivity contribution in [2.45, 2.75) is 31.6 Å². The minimum absolute atomic E-state index is 0.181. The van der Waals surface area contributed by atoms with Gasteiger partial charge in [0, 0.05) is 57.9 Å². The van der Waals surface area contributed by atoms with Crippen LogP contribution in [0, 0.1) is 12.8 Å². The van der Waals surface area contributed by atoms with Crippen LogP contribution in [0.1, 0.15) is 35.7 Å². The number of amides is 1. The predicted molar refractivity (Wildman–Crippen MR) is 149 cm³/mol. The molecule has 2 aromatic carbocycles. The molecule has 2 fully saturated rings. The smallest absolute Gasteiger partial charge is 0.251 e. The first-order chi connectivity index (χ1) is 17.8. The molecule has 0 spiro atoms. The van der Waals surface area contributed by atoms with E-state index in [4.69, 9.17) is 4.98 Å². The molecule has 2 aliphatic heterocycles. The third kappa shape index (κ3) is 5.82. The standard InChI is InChI=1S/C27H35N5O3S2/c1-20-10-13-32(14-11-20)37(34,35)23-8-6-22(7-9-23)26(33)28-12-15-30-16-18-31(19-17-30)27-29-25-21(2)4-3-5-24(25)36-27/h3-9,20H,10-19H2,1-2H3,(H,28,33). The van der Waals surface area contributed by atoms with E-state index in [9.17, 15) is 13.2 Å². The highest BCUT2D eigenvalue weighted by Gasteiger charge is 2.28. The lowest BCUT2D eigenvalue weighted by atomic mass is 10.0. The third-order valence-corrected chi connectivity index (χ3v) is 10.5. The van der Waals surface area contributed by atoms with Gasteiger partial charge in [-0.15, -0.1) is 0 Å². The number of aromatic nitrogens is 1. The molecule has 10 heteroatoms. The normalized spacial score (nSPS) is 18.4. The molecule has 198 valence electrons. The molecule has 3 heterocycles. The van der Waals surface area contributed by atoms with Crippen LogP contribution in [0.5, 0.6) is 0 Å². The summed E-state index contributed by atoms with van der Waals surface area (Å²) in [5.41, 5.74) is 2.78. The highest BCUT2D eigenvalue weighted by molar-refractivity contribution is 7.89. The summed E-state index contributed by atoms with van der Waals surface area (Å²) in [7, 11) is -3.51. The summed E-state index contributed by atoms with van der Waals surface area (Å²) < 4.78 is 28.6. The van der Waals surface area contributed by atoms with Gasteiger partial charge in [0.05, 0.1) is 15.1 Å². The lowest BCUT2D eigenvalue weighted by Gasteiger charge is -2.34. The van der Waals surface area contributed by atoms with E-state index in [0.29, 0.717) is 31.1 Å². The first-order valence-electron chi connectivity index (χ1n) is 13.0. The zero-order valence-electron chi connectivity index (χ0n) is 21.5. The zero-order valence-corrected chi connectivity index (χ0v) is 23.2. The Bertz CT molecular complexity index is 1340. The highest BCUT2D eigenvalue weighted by Crippen LogP contribution is 2.31. The Balaban J connectivity index is 1.08. The van der Waals surface area contributed by atoms with Gasteiger partial charge >= 0.3 is 0 Å². The van der Waals surface area contributed by atoms with E-state index in [1.807, 2.05) is 0 Å². The molecule has 0 unspecified atom stereocenters. The number of carbonyl (C=O) groups excluding carboxylic acids is 1. The Morgan fingerprint density at radius 1 is 1.03 bits per heavy atom. The number of anilines is 1. The molecule has 0 radical (unpaired) electrons. The fraction of sp³-hybridized carbons (Fsp3) is 0.481. The second-order valence-electron chi connectivity index (χ2n) is 10.1. The van der Waals surface area contributed by atoms with Crippen LogP contribution in [-0.2, 0) is 10.0 Å². The first-order valence-corrected chi connectivity index (χ1v) is 15.3. The lowest BCUT2D eigenvalue weighted by molar-refractivity contribution is 0.0947. The number of nitrogens with one attached hydrogen (secondary N) is 1. The molecule has 2 aliphatic rings. The van der Waals surface area contributed by atoms with Crippen molar-refractivity contribution in [3.63, 3.8) is 0 Å². The Kier molecular flexibility index (Phi) is 7.80. The zero-order chi connectivity index (χ0) is 26.0. The van der Waals surface area contributed by atoms with Gasteiger partial charge in [-0.25, -0.2) is 13.4 Å². The summed E-state index contributed by atoms with van der Waals surface area (Å²) in [6.07, 6.45) is 1.77. The molecular weight excluding hydrogens is 506 g/mol. The maximum absolute atomic E-state index is 12.9. The van der Waals surface area contributed by atoms with Crippen LogP contribution in [-0.4, -0.2) is 80.9 Å². The molecule has 3 aromatic rings. The lowest BCUT2D eigenvalue weighted by Crippen LogP contribution is -2.48. The SMILES string of the molecule is Cc1cccc2sc(N3CCN(CCNC(=O)c4ccc(S(=O)(=O)N5CCC(C)CC5)cc4)CC3)nc12. The van der Waals surface area contributed by atoms with Gasteiger partial charge in [0.25, 0.3) is 5.91 Å². The Hall–Kier alpha value is -2.53. The number of aryl methyl sites for hydroxylation is 1. The van der Waals surface area contributed by atoms with E-state index in [1.54, 1.807) is 39.9 Å². The molecule has 0 bridgehead atoms. The van der Waals surface area contributed by atoms with Crippen LogP contribution in [0.3, 0.4) is 0 Å². The van der Waals surface area contributed by atoms with E-state index >= 15 is 0 Å². The van der Waals surface area contributed by atoms with E-state index in [-0.39, 0.29) is 10.8 Å².